The third-order valence-electron chi connectivity index (χ3n) is 4.35. The van der Waals surface area contributed by atoms with E-state index in [2.05, 4.69) is 47.8 Å². The van der Waals surface area contributed by atoms with Crippen LogP contribution in [-0.2, 0) is 15.4 Å². The lowest BCUT2D eigenvalue weighted by molar-refractivity contribution is 0.584. The van der Waals surface area contributed by atoms with Crippen LogP contribution in [0, 0.1) is 0 Å². The minimum Gasteiger partial charge on any atom is -0.335 e. The molecule has 0 fully saturated rings. The van der Waals surface area contributed by atoms with E-state index in [9.17, 15) is 8.42 Å². The Kier molecular flexibility index (Phi) is 6.30. The van der Waals surface area contributed by atoms with Crippen molar-refractivity contribution in [3.63, 3.8) is 0 Å². The highest BCUT2D eigenvalue weighted by atomic mass is 32.2. The van der Waals surface area contributed by atoms with Gasteiger partial charge in [-0.15, -0.1) is 10.2 Å². The summed E-state index contributed by atoms with van der Waals surface area (Å²) in [5.74, 6) is 7.19. The summed E-state index contributed by atoms with van der Waals surface area (Å²) in [5, 5.41) is 8.84. The van der Waals surface area contributed by atoms with Crippen molar-refractivity contribution in [2.75, 3.05) is 18.1 Å². The van der Waals surface area contributed by atoms with Gasteiger partial charge in [-0.1, -0.05) is 75.0 Å². The Labute approximate surface area is 175 Å². The molecule has 3 rings (SSSR count). The highest BCUT2D eigenvalue weighted by molar-refractivity contribution is 7.99. The fourth-order valence-corrected chi connectivity index (χ4v) is 4.59. The standard InChI is InChI=1S/C20H25N5O2S2/c1-20(2,3)16-11-9-15(10-12-16)18-23-24-19(25(18)21)28-14-13-22-29(26,27)17-7-5-4-6-8-17/h4-12,22H,13-14,21H2,1-3H3. The fraction of sp³-hybridized carbons (Fsp3) is 0.300. The Morgan fingerprint density at radius 1 is 1.03 bits per heavy atom. The summed E-state index contributed by atoms with van der Waals surface area (Å²) in [6, 6.07) is 16.4. The van der Waals surface area contributed by atoms with Crippen LogP contribution in [0.4, 0.5) is 0 Å². The third kappa shape index (κ3) is 5.17. The van der Waals surface area contributed by atoms with E-state index < -0.39 is 10.0 Å². The second kappa shape index (κ2) is 8.56. The molecule has 0 bridgehead atoms. The Balaban J connectivity index is 1.60. The number of nitrogens with two attached hydrogens (primary N) is 1. The molecule has 0 saturated carbocycles. The van der Waals surface area contributed by atoms with Gasteiger partial charge in [-0.3, -0.25) is 0 Å². The molecule has 9 heteroatoms. The molecule has 29 heavy (non-hydrogen) atoms. The molecule has 7 nitrogen and oxygen atoms in total. The zero-order chi connectivity index (χ0) is 21.1. The number of aromatic nitrogens is 3. The molecule has 0 aliphatic carbocycles. The Hall–Kier alpha value is -2.36. The summed E-state index contributed by atoms with van der Waals surface area (Å²) < 4.78 is 28.4. The first-order chi connectivity index (χ1) is 13.7. The molecule has 2 aromatic carbocycles. The van der Waals surface area contributed by atoms with Gasteiger partial charge in [0, 0.05) is 17.9 Å². The number of hydrogen-bond acceptors (Lipinski definition) is 6. The van der Waals surface area contributed by atoms with E-state index in [0.717, 1.165) is 5.56 Å². The van der Waals surface area contributed by atoms with E-state index in [4.69, 9.17) is 5.84 Å². The lowest BCUT2D eigenvalue weighted by Gasteiger charge is -2.19. The second-order valence-corrected chi connectivity index (χ2v) is 10.4. The normalized spacial score (nSPS) is 12.2. The molecule has 0 saturated heterocycles. The molecule has 0 spiro atoms. The lowest BCUT2D eigenvalue weighted by atomic mass is 9.87. The van der Waals surface area contributed by atoms with E-state index in [0.29, 0.717) is 16.7 Å². The van der Waals surface area contributed by atoms with Crippen molar-refractivity contribution in [3.05, 3.63) is 60.2 Å². The Bertz CT molecular complexity index is 1060. The molecule has 3 N–H and O–H groups in total. The van der Waals surface area contributed by atoms with Gasteiger partial charge in [0.05, 0.1) is 4.90 Å². The molecule has 1 heterocycles. The Morgan fingerprint density at radius 3 is 2.31 bits per heavy atom. The number of nitrogen functional groups attached to an aromatic ring is 1. The van der Waals surface area contributed by atoms with Crippen molar-refractivity contribution < 1.29 is 8.42 Å². The SMILES string of the molecule is CC(C)(C)c1ccc(-c2nnc(SCCNS(=O)(=O)c3ccccc3)n2N)cc1. The molecule has 0 aliphatic heterocycles. The van der Waals surface area contributed by atoms with Crippen LogP contribution in [0.3, 0.4) is 0 Å². The number of hydrogen-bond donors (Lipinski definition) is 2. The number of rotatable bonds is 7. The summed E-state index contributed by atoms with van der Waals surface area (Å²) in [6.45, 7) is 6.74. The molecule has 0 atom stereocenters. The van der Waals surface area contributed by atoms with Gasteiger partial charge in [0.15, 0.2) is 5.82 Å². The summed E-state index contributed by atoms with van der Waals surface area (Å²) in [5.41, 5.74) is 2.18. The van der Waals surface area contributed by atoms with E-state index in [1.807, 2.05) is 12.1 Å². The van der Waals surface area contributed by atoms with Crippen molar-refractivity contribution in [3.8, 4) is 11.4 Å². The fourth-order valence-electron chi connectivity index (χ4n) is 2.69. The van der Waals surface area contributed by atoms with Gasteiger partial charge in [0.25, 0.3) is 0 Å². The van der Waals surface area contributed by atoms with E-state index in [1.165, 1.54) is 22.0 Å². The topological polar surface area (TPSA) is 103 Å². The van der Waals surface area contributed by atoms with Crippen molar-refractivity contribution in [1.29, 1.82) is 0 Å². The first kappa shape index (κ1) is 21.4. The van der Waals surface area contributed by atoms with Gasteiger partial charge in [0.1, 0.15) is 0 Å². The van der Waals surface area contributed by atoms with Crippen LogP contribution in [0.25, 0.3) is 11.4 Å². The zero-order valence-corrected chi connectivity index (χ0v) is 18.3. The first-order valence-electron chi connectivity index (χ1n) is 9.17. The predicted molar refractivity (Wildman–Crippen MR) is 117 cm³/mol. The van der Waals surface area contributed by atoms with Gasteiger partial charge in [0.2, 0.25) is 15.2 Å². The van der Waals surface area contributed by atoms with Crippen LogP contribution < -0.4 is 10.6 Å². The van der Waals surface area contributed by atoms with Crippen molar-refractivity contribution in [2.24, 2.45) is 0 Å². The Morgan fingerprint density at radius 2 is 1.69 bits per heavy atom. The number of nitrogens with zero attached hydrogens (tertiary/aromatic N) is 3. The number of sulfonamides is 1. The molecular formula is C20H25N5O2S2. The maximum absolute atomic E-state index is 12.2. The van der Waals surface area contributed by atoms with Crippen LogP contribution in [-0.4, -0.2) is 35.6 Å². The number of nitrogens with one attached hydrogen (secondary N) is 1. The summed E-state index contributed by atoms with van der Waals surface area (Å²) in [6.07, 6.45) is 0. The lowest BCUT2D eigenvalue weighted by Crippen LogP contribution is -2.26. The van der Waals surface area contributed by atoms with E-state index in [-0.39, 0.29) is 16.9 Å². The highest BCUT2D eigenvalue weighted by Gasteiger charge is 2.17. The van der Waals surface area contributed by atoms with Gasteiger partial charge in [-0.2, -0.15) is 0 Å². The van der Waals surface area contributed by atoms with Crippen LogP contribution in [0.2, 0.25) is 0 Å². The van der Waals surface area contributed by atoms with Gasteiger partial charge in [-0.05, 0) is 23.1 Å². The monoisotopic (exact) mass is 431 g/mol. The molecular weight excluding hydrogens is 406 g/mol. The summed E-state index contributed by atoms with van der Waals surface area (Å²) in [4.78, 5) is 0.244. The first-order valence-corrected chi connectivity index (χ1v) is 11.6. The summed E-state index contributed by atoms with van der Waals surface area (Å²) in [7, 11) is -3.52. The molecule has 0 aliphatic rings. The van der Waals surface area contributed by atoms with Crippen LogP contribution in [0.1, 0.15) is 26.3 Å². The second-order valence-electron chi connectivity index (χ2n) is 7.56. The quantitative estimate of drug-likeness (QED) is 0.339. The average molecular weight is 432 g/mol. The summed E-state index contributed by atoms with van der Waals surface area (Å²) >= 11 is 1.34. The number of thioether (sulfide) groups is 1. The van der Waals surface area contributed by atoms with Crippen molar-refractivity contribution in [2.45, 2.75) is 36.2 Å². The van der Waals surface area contributed by atoms with Crippen LogP contribution in [0.5, 0.6) is 0 Å². The van der Waals surface area contributed by atoms with Gasteiger partial charge >= 0.3 is 0 Å². The minimum absolute atomic E-state index is 0.0724. The van der Waals surface area contributed by atoms with E-state index >= 15 is 0 Å². The molecule has 154 valence electrons. The highest BCUT2D eigenvalue weighted by Crippen LogP contribution is 2.26. The van der Waals surface area contributed by atoms with Crippen molar-refractivity contribution in [1.82, 2.24) is 19.6 Å². The molecule has 1 aromatic heterocycles. The molecule has 0 unspecified atom stereocenters. The molecule has 0 amide bonds. The minimum atomic E-state index is -3.52. The maximum Gasteiger partial charge on any atom is 0.240 e. The van der Waals surface area contributed by atoms with E-state index in [1.54, 1.807) is 30.3 Å². The predicted octanol–water partition coefficient (Wildman–Crippen LogP) is 3.03. The largest absolute Gasteiger partial charge is 0.335 e. The maximum atomic E-state index is 12.2. The van der Waals surface area contributed by atoms with Gasteiger partial charge in [-0.25, -0.2) is 17.8 Å². The third-order valence-corrected chi connectivity index (χ3v) is 6.77. The smallest absolute Gasteiger partial charge is 0.240 e. The van der Waals surface area contributed by atoms with Gasteiger partial charge < -0.3 is 5.84 Å². The number of benzene rings is 2. The zero-order valence-electron chi connectivity index (χ0n) is 16.7. The van der Waals surface area contributed by atoms with Crippen LogP contribution >= 0.6 is 11.8 Å². The molecule has 3 aromatic rings. The van der Waals surface area contributed by atoms with Crippen molar-refractivity contribution >= 4 is 21.8 Å². The van der Waals surface area contributed by atoms with Crippen LogP contribution in [0.15, 0.2) is 64.6 Å². The average Bonchev–Trinajstić information content (AvgIpc) is 3.06. The molecule has 0 radical (unpaired) electrons.